The fourth-order valence-corrected chi connectivity index (χ4v) is 6.00. The van der Waals surface area contributed by atoms with Crippen LogP contribution in [0, 0.1) is 0 Å². The molecule has 0 spiro atoms. The summed E-state index contributed by atoms with van der Waals surface area (Å²) in [4.78, 5) is 25.1. The summed E-state index contributed by atoms with van der Waals surface area (Å²) in [5, 5.41) is 0. The Kier molecular flexibility index (Phi) is 44.0. The Balaban J connectivity index is 4.29. The predicted molar refractivity (Wildman–Crippen MR) is 242 cm³/mol. The van der Waals surface area contributed by atoms with Crippen molar-refractivity contribution < 1.29 is 23.8 Å². The van der Waals surface area contributed by atoms with Crippen LogP contribution in [0.2, 0.25) is 0 Å². The number of unbranched alkanes of at least 4 members (excludes halogenated alkanes) is 16. The van der Waals surface area contributed by atoms with Crippen LogP contribution in [0.1, 0.15) is 201 Å². The van der Waals surface area contributed by atoms with E-state index in [1.54, 1.807) is 0 Å². The smallest absolute Gasteiger partial charge is 0.306 e. The summed E-state index contributed by atoms with van der Waals surface area (Å²) < 4.78 is 17.2. The lowest BCUT2D eigenvalue weighted by molar-refractivity contribution is -0.162. The monoisotopic (exact) mass is 779 g/mol. The van der Waals surface area contributed by atoms with Crippen molar-refractivity contribution in [2.75, 3.05) is 19.8 Å². The van der Waals surface area contributed by atoms with Crippen molar-refractivity contribution in [2.45, 2.75) is 207 Å². The van der Waals surface area contributed by atoms with Crippen LogP contribution in [-0.4, -0.2) is 37.9 Å². The van der Waals surface area contributed by atoms with Crippen LogP contribution < -0.4 is 0 Å². The maximum atomic E-state index is 12.6. The molecule has 1 unspecified atom stereocenters. The molecule has 5 nitrogen and oxygen atoms in total. The molecule has 0 aromatic rings. The SMILES string of the molecule is CC/C=C\C/C=C\C/C=C\C/C=C\C/C=C\C/C=C\CCC(=O)OCC(COCCCCCCCC/C=C\CCCCCC)OC(=O)CCCCCCCCC. The van der Waals surface area contributed by atoms with Crippen LogP contribution in [0.3, 0.4) is 0 Å². The molecule has 0 radical (unpaired) electrons. The standard InChI is InChI=1S/C51H86O5/c1-4-7-10-13-16-18-20-22-24-25-26-27-28-29-31-33-36-38-41-44-50(52)55-48-49(56-51(53)45-42-39-35-15-12-9-6-3)47-54-46-43-40-37-34-32-30-23-21-19-17-14-11-8-5-2/h7,10,16,18-19,21-22,24,26-27,29,31,36,38,49H,4-6,8-9,11-15,17,20,23,25,28,30,32-35,37,39-48H2,1-3H3/b10-7-,18-16-,21-19-,24-22-,27-26-,31-29-,38-36-. The molecule has 0 saturated heterocycles. The van der Waals surface area contributed by atoms with Crippen molar-refractivity contribution in [3.05, 3.63) is 85.1 Å². The van der Waals surface area contributed by atoms with Crippen molar-refractivity contribution >= 4 is 11.9 Å². The molecule has 0 aliphatic heterocycles. The third kappa shape index (κ3) is 43.8. The van der Waals surface area contributed by atoms with Crippen molar-refractivity contribution in [3.63, 3.8) is 0 Å². The summed E-state index contributed by atoms with van der Waals surface area (Å²) in [7, 11) is 0. The summed E-state index contributed by atoms with van der Waals surface area (Å²) in [6, 6.07) is 0. The van der Waals surface area contributed by atoms with Crippen LogP contribution in [-0.2, 0) is 23.8 Å². The minimum Gasteiger partial charge on any atom is -0.462 e. The Morgan fingerprint density at radius 1 is 0.411 bits per heavy atom. The lowest BCUT2D eigenvalue weighted by Crippen LogP contribution is -2.30. The molecule has 56 heavy (non-hydrogen) atoms. The first-order chi connectivity index (χ1) is 27.6. The first-order valence-electron chi connectivity index (χ1n) is 23.1. The first-order valence-corrected chi connectivity index (χ1v) is 23.1. The number of ether oxygens (including phenoxy) is 3. The number of carbonyl (C=O) groups excluding carboxylic acids is 2. The fraction of sp³-hybridized carbons (Fsp3) is 0.686. The molecule has 0 aromatic heterocycles. The maximum Gasteiger partial charge on any atom is 0.306 e. The first kappa shape index (κ1) is 53.1. The van der Waals surface area contributed by atoms with E-state index in [1.165, 1.54) is 89.9 Å². The van der Waals surface area contributed by atoms with Crippen molar-refractivity contribution in [1.29, 1.82) is 0 Å². The average molecular weight is 779 g/mol. The zero-order chi connectivity index (χ0) is 40.7. The number of carbonyl (C=O) groups is 2. The summed E-state index contributed by atoms with van der Waals surface area (Å²) >= 11 is 0. The molecule has 0 saturated carbocycles. The molecule has 0 aliphatic rings. The van der Waals surface area contributed by atoms with Crippen molar-refractivity contribution in [1.82, 2.24) is 0 Å². The van der Waals surface area contributed by atoms with E-state index in [2.05, 4.69) is 99.8 Å². The van der Waals surface area contributed by atoms with E-state index in [9.17, 15) is 9.59 Å². The lowest BCUT2D eigenvalue weighted by Gasteiger charge is -2.18. The molecule has 0 heterocycles. The van der Waals surface area contributed by atoms with Gasteiger partial charge in [0.25, 0.3) is 0 Å². The normalized spacial score (nSPS) is 13.0. The van der Waals surface area contributed by atoms with E-state index >= 15 is 0 Å². The summed E-state index contributed by atoms with van der Waals surface area (Å²) in [5.74, 6) is -0.507. The zero-order valence-electron chi connectivity index (χ0n) is 36.6. The van der Waals surface area contributed by atoms with Gasteiger partial charge in [-0.3, -0.25) is 9.59 Å². The summed E-state index contributed by atoms with van der Waals surface area (Å²) in [6.45, 7) is 7.56. The minimum absolute atomic E-state index is 0.0402. The topological polar surface area (TPSA) is 61.8 Å². The quantitative estimate of drug-likeness (QED) is 0.0351. The Morgan fingerprint density at radius 2 is 0.839 bits per heavy atom. The Hall–Kier alpha value is -2.92. The van der Waals surface area contributed by atoms with Crippen LogP contribution in [0.4, 0.5) is 0 Å². The second-order valence-corrected chi connectivity index (χ2v) is 14.9. The van der Waals surface area contributed by atoms with Gasteiger partial charge in [0.1, 0.15) is 6.61 Å². The molecule has 0 aliphatic carbocycles. The molecular formula is C51H86O5. The maximum absolute atomic E-state index is 12.6. The van der Waals surface area contributed by atoms with E-state index in [0.717, 1.165) is 70.6 Å². The second kappa shape index (κ2) is 46.5. The van der Waals surface area contributed by atoms with Gasteiger partial charge in [0.2, 0.25) is 0 Å². The molecule has 5 heteroatoms. The molecular weight excluding hydrogens is 693 g/mol. The molecule has 0 amide bonds. The van der Waals surface area contributed by atoms with Gasteiger partial charge in [-0.1, -0.05) is 189 Å². The molecule has 1 atom stereocenters. The van der Waals surface area contributed by atoms with Gasteiger partial charge in [0.15, 0.2) is 6.10 Å². The highest BCUT2D eigenvalue weighted by molar-refractivity contribution is 5.70. The van der Waals surface area contributed by atoms with Gasteiger partial charge >= 0.3 is 11.9 Å². The zero-order valence-corrected chi connectivity index (χ0v) is 36.6. The van der Waals surface area contributed by atoms with Gasteiger partial charge in [-0.15, -0.1) is 0 Å². The van der Waals surface area contributed by atoms with E-state index in [4.69, 9.17) is 14.2 Å². The fourth-order valence-electron chi connectivity index (χ4n) is 6.00. The Labute approximate surface area is 346 Å². The number of rotatable bonds is 41. The molecule has 0 aromatic carbocycles. The van der Waals surface area contributed by atoms with Gasteiger partial charge in [-0.2, -0.15) is 0 Å². The number of esters is 2. The summed E-state index contributed by atoms with van der Waals surface area (Å²) in [5.41, 5.74) is 0. The molecule has 0 N–H and O–H groups in total. The molecule has 320 valence electrons. The molecule has 0 rings (SSSR count). The Morgan fingerprint density at radius 3 is 1.38 bits per heavy atom. The van der Waals surface area contributed by atoms with Gasteiger partial charge < -0.3 is 14.2 Å². The van der Waals surface area contributed by atoms with Crippen molar-refractivity contribution in [3.8, 4) is 0 Å². The van der Waals surface area contributed by atoms with E-state index < -0.39 is 6.10 Å². The van der Waals surface area contributed by atoms with Gasteiger partial charge in [0.05, 0.1) is 6.61 Å². The van der Waals surface area contributed by atoms with Crippen LogP contribution in [0.5, 0.6) is 0 Å². The number of allylic oxidation sites excluding steroid dienone is 14. The molecule has 0 fully saturated rings. The van der Waals surface area contributed by atoms with E-state index in [-0.39, 0.29) is 25.2 Å². The number of hydrogen-bond donors (Lipinski definition) is 0. The van der Waals surface area contributed by atoms with E-state index in [1.807, 2.05) is 6.08 Å². The third-order valence-electron chi connectivity index (χ3n) is 9.43. The van der Waals surface area contributed by atoms with Gasteiger partial charge in [-0.25, -0.2) is 0 Å². The van der Waals surface area contributed by atoms with Crippen LogP contribution >= 0.6 is 0 Å². The lowest BCUT2D eigenvalue weighted by atomic mass is 10.1. The van der Waals surface area contributed by atoms with E-state index in [0.29, 0.717) is 25.9 Å². The third-order valence-corrected chi connectivity index (χ3v) is 9.43. The number of hydrogen-bond acceptors (Lipinski definition) is 5. The largest absolute Gasteiger partial charge is 0.462 e. The summed E-state index contributed by atoms with van der Waals surface area (Å²) in [6.07, 6.45) is 60.3. The second-order valence-electron chi connectivity index (χ2n) is 14.9. The van der Waals surface area contributed by atoms with Crippen LogP contribution in [0.15, 0.2) is 85.1 Å². The molecule has 0 bridgehead atoms. The highest BCUT2D eigenvalue weighted by Crippen LogP contribution is 2.12. The highest BCUT2D eigenvalue weighted by Gasteiger charge is 2.17. The van der Waals surface area contributed by atoms with Gasteiger partial charge in [-0.05, 0) is 83.5 Å². The predicted octanol–water partition coefficient (Wildman–Crippen LogP) is 15.3. The van der Waals surface area contributed by atoms with Crippen molar-refractivity contribution in [2.24, 2.45) is 0 Å². The highest BCUT2D eigenvalue weighted by atomic mass is 16.6. The minimum atomic E-state index is -0.568. The van der Waals surface area contributed by atoms with Crippen LogP contribution in [0.25, 0.3) is 0 Å². The average Bonchev–Trinajstić information content (AvgIpc) is 3.20. The Bertz CT molecular complexity index is 1060. The van der Waals surface area contributed by atoms with Gasteiger partial charge in [0, 0.05) is 19.4 Å².